The van der Waals surface area contributed by atoms with Gasteiger partial charge in [0.1, 0.15) is 0 Å². The van der Waals surface area contributed by atoms with E-state index in [1.807, 2.05) is 0 Å². The molecule has 0 aliphatic carbocycles. The van der Waals surface area contributed by atoms with Gasteiger partial charge in [0.25, 0.3) is 0 Å². The third-order valence-electron chi connectivity index (χ3n) is 4.43. The van der Waals surface area contributed by atoms with Crippen LogP contribution in [-0.4, -0.2) is 85.7 Å². The minimum absolute atomic E-state index is 0.327. The summed E-state index contributed by atoms with van der Waals surface area (Å²) in [5, 5.41) is 3.58. The van der Waals surface area contributed by atoms with E-state index in [1.165, 1.54) is 39.3 Å². The third kappa shape index (κ3) is 6.53. The summed E-state index contributed by atoms with van der Waals surface area (Å²) in [6, 6.07) is 0. The summed E-state index contributed by atoms with van der Waals surface area (Å²) in [4.78, 5) is 7.65. The normalized spacial score (nSPS) is 18.9. The van der Waals surface area contributed by atoms with E-state index in [2.05, 4.69) is 54.6 Å². The number of hydrogen-bond donors (Lipinski definition) is 1. The fourth-order valence-corrected chi connectivity index (χ4v) is 2.78. The Hall–Kier alpha value is -0.160. The second kappa shape index (κ2) is 8.98. The molecule has 1 aliphatic rings. The van der Waals surface area contributed by atoms with Gasteiger partial charge < -0.3 is 10.2 Å². The first-order chi connectivity index (χ1) is 9.47. The van der Waals surface area contributed by atoms with Crippen molar-refractivity contribution < 1.29 is 0 Å². The SMILES string of the molecule is CCN(CC)CCNCCN1CCN(C(C)(C)C)CC1. The summed E-state index contributed by atoms with van der Waals surface area (Å²) < 4.78 is 0. The Morgan fingerprint density at radius 1 is 0.950 bits per heavy atom. The van der Waals surface area contributed by atoms with Gasteiger partial charge in [-0.1, -0.05) is 13.8 Å². The lowest BCUT2D eigenvalue weighted by Crippen LogP contribution is -2.54. The third-order valence-corrected chi connectivity index (χ3v) is 4.43. The molecule has 0 aromatic heterocycles. The van der Waals surface area contributed by atoms with Crippen LogP contribution < -0.4 is 5.32 Å². The highest BCUT2D eigenvalue weighted by Crippen LogP contribution is 2.15. The predicted molar refractivity (Wildman–Crippen MR) is 88.4 cm³/mol. The highest BCUT2D eigenvalue weighted by Gasteiger charge is 2.25. The Bertz CT molecular complexity index is 237. The maximum atomic E-state index is 3.58. The molecule has 1 heterocycles. The molecule has 20 heavy (non-hydrogen) atoms. The number of nitrogens with one attached hydrogen (secondary N) is 1. The molecule has 0 atom stereocenters. The van der Waals surface area contributed by atoms with Crippen LogP contribution in [0.4, 0.5) is 0 Å². The minimum atomic E-state index is 0.327. The molecule has 1 rings (SSSR count). The monoisotopic (exact) mass is 284 g/mol. The van der Waals surface area contributed by atoms with Crippen LogP contribution in [0.2, 0.25) is 0 Å². The molecule has 0 spiro atoms. The van der Waals surface area contributed by atoms with Gasteiger partial charge in [-0.2, -0.15) is 0 Å². The summed E-state index contributed by atoms with van der Waals surface area (Å²) >= 11 is 0. The lowest BCUT2D eigenvalue weighted by Gasteiger charge is -2.42. The van der Waals surface area contributed by atoms with Gasteiger partial charge in [-0.3, -0.25) is 9.80 Å². The largest absolute Gasteiger partial charge is 0.314 e. The van der Waals surface area contributed by atoms with Gasteiger partial charge in [-0.05, 0) is 33.9 Å². The van der Waals surface area contributed by atoms with Crippen molar-refractivity contribution in [3.63, 3.8) is 0 Å². The fraction of sp³-hybridized carbons (Fsp3) is 1.00. The van der Waals surface area contributed by atoms with Crippen LogP contribution in [0.5, 0.6) is 0 Å². The van der Waals surface area contributed by atoms with Crippen molar-refractivity contribution in [1.82, 2.24) is 20.0 Å². The van der Waals surface area contributed by atoms with Crippen molar-refractivity contribution in [3.05, 3.63) is 0 Å². The second-order valence-corrected chi connectivity index (χ2v) is 6.78. The molecule has 4 heteroatoms. The number of hydrogen-bond acceptors (Lipinski definition) is 4. The summed E-state index contributed by atoms with van der Waals surface area (Å²) in [6.07, 6.45) is 0. The molecular weight excluding hydrogens is 248 g/mol. The van der Waals surface area contributed by atoms with Crippen LogP contribution >= 0.6 is 0 Å². The van der Waals surface area contributed by atoms with Crippen LogP contribution in [0.3, 0.4) is 0 Å². The van der Waals surface area contributed by atoms with Crippen molar-refractivity contribution in [3.8, 4) is 0 Å². The molecule has 1 N–H and O–H groups in total. The van der Waals surface area contributed by atoms with E-state index in [4.69, 9.17) is 0 Å². The van der Waals surface area contributed by atoms with Crippen LogP contribution in [0.25, 0.3) is 0 Å². The topological polar surface area (TPSA) is 21.8 Å². The molecule has 0 amide bonds. The van der Waals surface area contributed by atoms with Gasteiger partial charge in [0.2, 0.25) is 0 Å². The van der Waals surface area contributed by atoms with Gasteiger partial charge in [0, 0.05) is 57.9 Å². The lowest BCUT2D eigenvalue weighted by atomic mass is 10.1. The van der Waals surface area contributed by atoms with Crippen molar-refractivity contribution >= 4 is 0 Å². The zero-order chi connectivity index (χ0) is 15.0. The first-order valence-corrected chi connectivity index (χ1v) is 8.37. The Labute approximate surface area is 126 Å². The minimum Gasteiger partial charge on any atom is -0.314 e. The number of nitrogens with zero attached hydrogens (tertiary/aromatic N) is 3. The summed E-state index contributed by atoms with van der Waals surface area (Å²) in [6.45, 7) is 23.2. The first kappa shape index (κ1) is 17.9. The van der Waals surface area contributed by atoms with Crippen LogP contribution in [0, 0.1) is 0 Å². The van der Waals surface area contributed by atoms with Gasteiger partial charge in [-0.15, -0.1) is 0 Å². The van der Waals surface area contributed by atoms with Gasteiger partial charge >= 0.3 is 0 Å². The van der Waals surface area contributed by atoms with E-state index < -0.39 is 0 Å². The molecular formula is C16H36N4. The Balaban J connectivity index is 2.04. The molecule has 0 aromatic rings. The molecule has 0 unspecified atom stereocenters. The quantitative estimate of drug-likeness (QED) is 0.679. The maximum Gasteiger partial charge on any atom is 0.0126 e. The van der Waals surface area contributed by atoms with E-state index in [-0.39, 0.29) is 0 Å². The van der Waals surface area contributed by atoms with Crippen molar-refractivity contribution in [2.45, 2.75) is 40.2 Å². The molecule has 4 nitrogen and oxygen atoms in total. The maximum absolute atomic E-state index is 3.58. The van der Waals surface area contributed by atoms with Crippen molar-refractivity contribution in [2.24, 2.45) is 0 Å². The number of rotatable bonds is 8. The van der Waals surface area contributed by atoms with Gasteiger partial charge in [0.05, 0.1) is 0 Å². The standard InChI is InChI=1S/C16H36N4/c1-6-18(7-2)10-8-17-9-11-19-12-14-20(15-13-19)16(3,4)5/h17H,6-15H2,1-5H3. The van der Waals surface area contributed by atoms with E-state index in [0.29, 0.717) is 5.54 Å². The van der Waals surface area contributed by atoms with E-state index in [1.54, 1.807) is 0 Å². The zero-order valence-electron chi connectivity index (χ0n) is 14.4. The second-order valence-electron chi connectivity index (χ2n) is 6.78. The summed E-state index contributed by atoms with van der Waals surface area (Å²) in [5.74, 6) is 0. The zero-order valence-corrected chi connectivity index (χ0v) is 14.4. The Morgan fingerprint density at radius 3 is 2.05 bits per heavy atom. The van der Waals surface area contributed by atoms with Crippen LogP contribution in [0.1, 0.15) is 34.6 Å². The van der Waals surface area contributed by atoms with Gasteiger partial charge in [-0.25, -0.2) is 0 Å². The fourth-order valence-electron chi connectivity index (χ4n) is 2.78. The van der Waals surface area contributed by atoms with Crippen molar-refractivity contribution in [1.29, 1.82) is 0 Å². The molecule has 0 radical (unpaired) electrons. The molecule has 0 aromatic carbocycles. The summed E-state index contributed by atoms with van der Waals surface area (Å²) in [7, 11) is 0. The Kier molecular flexibility index (Phi) is 8.03. The van der Waals surface area contributed by atoms with E-state index in [9.17, 15) is 0 Å². The van der Waals surface area contributed by atoms with Crippen LogP contribution in [-0.2, 0) is 0 Å². The van der Waals surface area contributed by atoms with E-state index in [0.717, 1.165) is 26.2 Å². The Morgan fingerprint density at radius 2 is 1.55 bits per heavy atom. The number of piperazine rings is 1. The average Bonchev–Trinajstić information content (AvgIpc) is 2.42. The summed E-state index contributed by atoms with van der Waals surface area (Å²) in [5.41, 5.74) is 0.327. The molecule has 1 saturated heterocycles. The molecule has 120 valence electrons. The van der Waals surface area contributed by atoms with Crippen molar-refractivity contribution in [2.75, 3.05) is 65.4 Å². The van der Waals surface area contributed by atoms with Crippen LogP contribution in [0.15, 0.2) is 0 Å². The first-order valence-electron chi connectivity index (χ1n) is 8.37. The highest BCUT2D eigenvalue weighted by atomic mass is 15.3. The number of likely N-dealkylation sites (N-methyl/N-ethyl adjacent to an activating group) is 1. The lowest BCUT2D eigenvalue weighted by molar-refractivity contribution is 0.0628. The highest BCUT2D eigenvalue weighted by molar-refractivity contribution is 4.82. The molecule has 0 bridgehead atoms. The molecule has 0 saturated carbocycles. The van der Waals surface area contributed by atoms with Gasteiger partial charge in [0.15, 0.2) is 0 Å². The molecule has 1 aliphatic heterocycles. The predicted octanol–water partition coefficient (Wildman–Crippen LogP) is 1.33. The average molecular weight is 284 g/mol. The molecule has 1 fully saturated rings. The van der Waals surface area contributed by atoms with E-state index >= 15 is 0 Å². The smallest absolute Gasteiger partial charge is 0.0126 e.